The second kappa shape index (κ2) is 8.26. The summed E-state index contributed by atoms with van der Waals surface area (Å²) >= 11 is 0. The van der Waals surface area contributed by atoms with Crippen LogP contribution in [0.2, 0.25) is 0 Å². The van der Waals surface area contributed by atoms with Crippen molar-refractivity contribution in [3.63, 3.8) is 0 Å². The smallest absolute Gasteiger partial charge is 0.370 e. The number of fused-ring (bicyclic) bond motifs is 1. The third kappa shape index (κ3) is 5.10. The highest BCUT2D eigenvalue weighted by Crippen LogP contribution is 2.21. The molecule has 142 valence electrons. The largest absolute Gasteiger partial charge is 0.411 e. The van der Waals surface area contributed by atoms with Gasteiger partial charge in [-0.15, -0.1) is 0 Å². The topological polar surface area (TPSA) is 43.3 Å². The molecular formula is C20H19F3N2O2. The Hall–Kier alpha value is -2.80. The van der Waals surface area contributed by atoms with Crippen LogP contribution in [-0.2, 0) is 11.3 Å². The number of hydrogen-bond donors (Lipinski definition) is 1. The molecule has 2 aromatic carbocycles. The average Bonchev–Trinajstić information content (AvgIpc) is 3.00. The van der Waals surface area contributed by atoms with Crippen LogP contribution in [0.1, 0.15) is 16.1 Å². The molecule has 3 aromatic rings. The van der Waals surface area contributed by atoms with Crippen molar-refractivity contribution in [2.24, 2.45) is 0 Å². The number of alkyl halides is 3. The summed E-state index contributed by atoms with van der Waals surface area (Å²) in [4.78, 5) is 12.6. The number of ether oxygens (including phenoxy) is 1. The number of nitrogens with zero attached hydrogens (tertiary/aromatic N) is 1. The number of aromatic nitrogens is 1. The second-order valence-corrected chi connectivity index (χ2v) is 6.08. The van der Waals surface area contributed by atoms with Crippen molar-refractivity contribution in [3.05, 3.63) is 71.9 Å². The average molecular weight is 376 g/mol. The lowest BCUT2D eigenvalue weighted by atomic mass is 10.2. The van der Waals surface area contributed by atoms with Gasteiger partial charge in [-0.25, -0.2) is 0 Å². The van der Waals surface area contributed by atoms with Crippen LogP contribution >= 0.6 is 0 Å². The van der Waals surface area contributed by atoms with Gasteiger partial charge in [-0.2, -0.15) is 13.2 Å². The van der Waals surface area contributed by atoms with Gasteiger partial charge in [-0.1, -0.05) is 48.5 Å². The standard InChI is InChI=1S/C20H19F3N2O2/c21-20(22,23)14-27-11-10-24-19(26)18-12-16-8-4-5-9-17(16)25(18)13-15-6-2-1-3-7-15/h1-9,12H,10-11,13-14H2,(H,24,26). The van der Waals surface area contributed by atoms with Gasteiger partial charge in [0.15, 0.2) is 0 Å². The summed E-state index contributed by atoms with van der Waals surface area (Å²) in [7, 11) is 0. The van der Waals surface area contributed by atoms with E-state index >= 15 is 0 Å². The molecule has 4 nitrogen and oxygen atoms in total. The predicted molar refractivity (Wildman–Crippen MR) is 96.7 cm³/mol. The minimum Gasteiger partial charge on any atom is -0.370 e. The van der Waals surface area contributed by atoms with Crippen LogP contribution in [0.5, 0.6) is 0 Å². The number of halogens is 3. The van der Waals surface area contributed by atoms with Gasteiger partial charge in [0.05, 0.1) is 6.61 Å². The van der Waals surface area contributed by atoms with E-state index in [0.717, 1.165) is 16.5 Å². The van der Waals surface area contributed by atoms with Crippen molar-refractivity contribution in [2.45, 2.75) is 12.7 Å². The van der Waals surface area contributed by atoms with E-state index in [2.05, 4.69) is 10.1 Å². The van der Waals surface area contributed by atoms with Crippen molar-refractivity contribution >= 4 is 16.8 Å². The zero-order chi connectivity index (χ0) is 19.3. The molecule has 0 saturated carbocycles. The number of hydrogen-bond acceptors (Lipinski definition) is 2. The van der Waals surface area contributed by atoms with Crippen LogP contribution in [0.15, 0.2) is 60.7 Å². The van der Waals surface area contributed by atoms with Gasteiger partial charge in [-0.05, 0) is 17.7 Å². The summed E-state index contributed by atoms with van der Waals surface area (Å²) in [6, 6.07) is 19.1. The van der Waals surface area contributed by atoms with E-state index in [1.165, 1.54) is 0 Å². The fourth-order valence-corrected chi connectivity index (χ4v) is 2.85. The number of rotatable bonds is 7. The lowest BCUT2D eigenvalue weighted by Gasteiger charge is -2.12. The Morgan fingerprint density at radius 3 is 2.48 bits per heavy atom. The van der Waals surface area contributed by atoms with Crippen molar-refractivity contribution in [3.8, 4) is 0 Å². The Balaban J connectivity index is 1.73. The highest BCUT2D eigenvalue weighted by molar-refractivity contribution is 5.98. The summed E-state index contributed by atoms with van der Waals surface area (Å²) in [6.45, 7) is -1.01. The molecule has 0 atom stereocenters. The van der Waals surface area contributed by atoms with Gasteiger partial charge < -0.3 is 14.6 Å². The van der Waals surface area contributed by atoms with Crippen molar-refractivity contribution < 1.29 is 22.7 Å². The van der Waals surface area contributed by atoms with Crippen molar-refractivity contribution in [2.75, 3.05) is 19.8 Å². The number of nitrogens with one attached hydrogen (secondary N) is 1. The quantitative estimate of drug-likeness (QED) is 0.634. The molecule has 3 rings (SSSR count). The molecule has 0 aliphatic carbocycles. The van der Waals surface area contributed by atoms with E-state index in [9.17, 15) is 18.0 Å². The lowest BCUT2D eigenvalue weighted by molar-refractivity contribution is -0.173. The van der Waals surface area contributed by atoms with E-state index in [-0.39, 0.29) is 19.1 Å². The first-order valence-electron chi connectivity index (χ1n) is 8.49. The van der Waals surface area contributed by atoms with Crippen molar-refractivity contribution in [1.29, 1.82) is 0 Å². The SMILES string of the molecule is O=C(NCCOCC(F)(F)F)c1cc2ccccc2n1Cc1ccccc1. The zero-order valence-corrected chi connectivity index (χ0v) is 14.5. The molecule has 27 heavy (non-hydrogen) atoms. The molecule has 1 heterocycles. The molecular weight excluding hydrogens is 357 g/mol. The summed E-state index contributed by atoms with van der Waals surface area (Å²) in [6.07, 6.45) is -4.37. The first kappa shape index (κ1) is 19.0. The summed E-state index contributed by atoms with van der Waals surface area (Å²) in [5.74, 6) is -0.349. The maximum atomic E-state index is 12.6. The number of carbonyl (C=O) groups excluding carboxylic acids is 1. The van der Waals surface area contributed by atoms with E-state index in [0.29, 0.717) is 12.2 Å². The first-order valence-corrected chi connectivity index (χ1v) is 8.49. The molecule has 0 aliphatic rings. The van der Waals surface area contributed by atoms with Crippen LogP contribution in [-0.4, -0.2) is 36.4 Å². The van der Waals surface area contributed by atoms with Crippen LogP contribution < -0.4 is 5.32 Å². The molecule has 0 unspecified atom stereocenters. The van der Waals surface area contributed by atoms with Crippen LogP contribution in [0.3, 0.4) is 0 Å². The van der Waals surface area contributed by atoms with Crippen molar-refractivity contribution in [1.82, 2.24) is 9.88 Å². The molecule has 1 N–H and O–H groups in total. The number of benzene rings is 2. The Morgan fingerprint density at radius 2 is 1.74 bits per heavy atom. The lowest BCUT2D eigenvalue weighted by Crippen LogP contribution is -2.30. The molecule has 7 heteroatoms. The summed E-state index contributed by atoms with van der Waals surface area (Å²) < 4.78 is 42.6. The molecule has 0 radical (unpaired) electrons. The summed E-state index contributed by atoms with van der Waals surface area (Å²) in [5, 5.41) is 3.54. The minimum absolute atomic E-state index is 0.00176. The second-order valence-electron chi connectivity index (χ2n) is 6.08. The maximum Gasteiger partial charge on any atom is 0.411 e. The maximum absolute atomic E-state index is 12.6. The van der Waals surface area contributed by atoms with Gasteiger partial charge >= 0.3 is 6.18 Å². The first-order chi connectivity index (χ1) is 12.9. The van der Waals surface area contributed by atoms with Gasteiger partial charge in [0.1, 0.15) is 12.3 Å². The van der Waals surface area contributed by atoms with Gasteiger partial charge in [0.2, 0.25) is 0 Å². The van der Waals surface area contributed by atoms with E-state index in [1.54, 1.807) is 6.07 Å². The fourth-order valence-electron chi connectivity index (χ4n) is 2.85. The van der Waals surface area contributed by atoms with E-state index < -0.39 is 12.8 Å². The third-order valence-corrected chi connectivity index (χ3v) is 4.02. The molecule has 0 bridgehead atoms. The number of amides is 1. The van der Waals surface area contributed by atoms with Crippen LogP contribution in [0.25, 0.3) is 10.9 Å². The van der Waals surface area contributed by atoms with E-state index in [4.69, 9.17) is 0 Å². The highest BCUT2D eigenvalue weighted by Gasteiger charge is 2.27. The van der Waals surface area contributed by atoms with Gasteiger partial charge in [0, 0.05) is 24.0 Å². The van der Waals surface area contributed by atoms with Crippen LogP contribution in [0, 0.1) is 0 Å². The van der Waals surface area contributed by atoms with Crippen LogP contribution in [0.4, 0.5) is 13.2 Å². The molecule has 0 spiro atoms. The zero-order valence-electron chi connectivity index (χ0n) is 14.5. The number of para-hydroxylation sites is 1. The Kier molecular flexibility index (Phi) is 5.81. The molecule has 0 saturated heterocycles. The fraction of sp³-hybridized carbons (Fsp3) is 0.250. The minimum atomic E-state index is -4.37. The summed E-state index contributed by atoms with van der Waals surface area (Å²) in [5.41, 5.74) is 2.41. The normalized spacial score (nSPS) is 11.7. The van der Waals surface area contributed by atoms with Gasteiger partial charge in [0.25, 0.3) is 5.91 Å². The molecule has 0 aliphatic heterocycles. The monoisotopic (exact) mass is 376 g/mol. The van der Waals surface area contributed by atoms with E-state index in [1.807, 2.05) is 59.2 Å². The highest BCUT2D eigenvalue weighted by atomic mass is 19.4. The Morgan fingerprint density at radius 1 is 1.04 bits per heavy atom. The number of carbonyl (C=O) groups is 1. The molecule has 0 fully saturated rings. The Bertz CT molecular complexity index is 904. The third-order valence-electron chi connectivity index (χ3n) is 4.02. The molecule has 1 aromatic heterocycles. The predicted octanol–water partition coefficient (Wildman–Crippen LogP) is 4.00. The Labute approximate surface area is 154 Å². The van der Waals surface area contributed by atoms with Gasteiger partial charge in [-0.3, -0.25) is 4.79 Å². The molecule has 1 amide bonds.